The van der Waals surface area contributed by atoms with E-state index in [-0.39, 0.29) is 6.04 Å². The molecule has 0 saturated heterocycles. The number of nitrogens with zero attached hydrogens (tertiary/aromatic N) is 1. The second-order valence-corrected chi connectivity index (χ2v) is 7.74. The Kier molecular flexibility index (Phi) is 7.83. The topological polar surface area (TPSA) is 58.6 Å². The van der Waals surface area contributed by atoms with E-state index >= 15 is 0 Å². The van der Waals surface area contributed by atoms with Gasteiger partial charge in [0.25, 0.3) is 0 Å². The Morgan fingerprint density at radius 3 is 2.57 bits per heavy atom. The Balaban J connectivity index is 3.06. The first-order chi connectivity index (χ1) is 10.0. The molecule has 0 radical (unpaired) electrons. The van der Waals surface area contributed by atoms with Gasteiger partial charge in [-0.15, -0.1) is 11.3 Å². The zero-order valence-corrected chi connectivity index (χ0v) is 14.9. The zero-order chi connectivity index (χ0) is 15.9. The SMILES string of the molecule is CCC(CC)N(CCOC)S(=O)(=O)c1csc(CNC)c1. The Hall–Kier alpha value is -0.470. The van der Waals surface area contributed by atoms with Crippen molar-refractivity contribution < 1.29 is 13.2 Å². The fraction of sp³-hybridized carbons (Fsp3) is 0.714. The van der Waals surface area contributed by atoms with Crippen molar-refractivity contribution in [1.29, 1.82) is 0 Å². The lowest BCUT2D eigenvalue weighted by Crippen LogP contribution is -2.41. The number of hydrogen-bond donors (Lipinski definition) is 1. The molecule has 0 aliphatic carbocycles. The number of thiophene rings is 1. The van der Waals surface area contributed by atoms with E-state index in [0.29, 0.717) is 24.6 Å². The van der Waals surface area contributed by atoms with E-state index in [1.54, 1.807) is 22.9 Å². The number of rotatable bonds is 10. The van der Waals surface area contributed by atoms with Gasteiger partial charge in [-0.25, -0.2) is 8.42 Å². The van der Waals surface area contributed by atoms with Crippen LogP contribution in [0.2, 0.25) is 0 Å². The molecule has 0 atom stereocenters. The van der Waals surface area contributed by atoms with Gasteiger partial charge < -0.3 is 10.1 Å². The highest BCUT2D eigenvalue weighted by Gasteiger charge is 2.30. The molecule has 5 nitrogen and oxygen atoms in total. The maximum absolute atomic E-state index is 12.9. The van der Waals surface area contributed by atoms with Crippen LogP contribution in [0, 0.1) is 0 Å². The smallest absolute Gasteiger partial charge is 0.244 e. The summed E-state index contributed by atoms with van der Waals surface area (Å²) in [6.45, 7) is 5.52. The molecule has 1 aromatic heterocycles. The highest BCUT2D eigenvalue weighted by atomic mass is 32.2. The average Bonchev–Trinajstić information content (AvgIpc) is 2.93. The molecule has 0 fully saturated rings. The van der Waals surface area contributed by atoms with E-state index in [1.165, 1.54) is 11.3 Å². The van der Waals surface area contributed by atoms with Crippen LogP contribution in [0.4, 0.5) is 0 Å². The molecule has 7 heteroatoms. The Labute approximate surface area is 132 Å². The molecular weight excluding hydrogens is 308 g/mol. The van der Waals surface area contributed by atoms with Crippen LogP contribution in [0.1, 0.15) is 31.6 Å². The highest BCUT2D eigenvalue weighted by molar-refractivity contribution is 7.89. The standard InChI is InChI=1S/C14H26N2O3S2/c1-5-12(6-2)16(7-8-19-4)21(17,18)14-9-13(10-15-3)20-11-14/h9,11-12,15H,5-8,10H2,1-4H3. The fourth-order valence-corrected chi connectivity index (χ4v) is 5.31. The van der Waals surface area contributed by atoms with Gasteiger partial charge in [-0.2, -0.15) is 4.31 Å². The largest absolute Gasteiger partial charge is 0.383 e. The van der Waals surface area contributed by atoms with Gasteiger partial charge in [-0.3, -0.25) is 0 Å². The van der Waals surface area contributed by atoms with E-state index in [9.17, 15) is 8.42 Å². The molecule has 0 aliphatic rings. The molecule has 0 aliphatic heterocycles. The van der Waals surface area contributed by atoms with Gasteiger partial charge in [-0.05, 0) is 26.0 Å². The van der Waals surface area contributed by atoms with Crippen molar-refractivity contribution in [1.82, 2.24) is 9.62 Å². The van der Waals surface area contributed by atoms with Crippen molar-refractivity contribution in [3.8, 4) is 0 Å². The third-order valence-corrected chi connectivity index (χ3v) is 6.47. The molecule has 0 bridgehead atoms. The molecule has 1 heterocycles. The van der Waals surface area contributed by atoms with Crippen molar-refractivity contribution in [3.63, 3.8) is 0 Å². The van der Waals surface area contributed by atoms with Gasteiger partial charge in [0, 0.05) is 36.5 Å². The summed E-state index contributed by atoms with van der Waals surface area (Å²) in [4.78, 5) is 1.41. The van der Waals surface area contributed by atoms with Crippen LogP contribution in [-0.2, 0) is 21.3 Å². The molecule has 0 spiro atoms. The van der Waals surface area contributed by atoms with Crippen molar-refractivity contribution in [2.24, 2.45) is 0 Å². The summed E-state index contributed by atoms with van der Waals surface area (Å²) in [6, 6.07) is 1.77. The summed E-state index contributed by atoms with van der Waals surface area (Å²) >= 11 is 1.47. The van der Waals surface area contributed by atoms with Crippen LogP contribution in [0.5, 0.6) is 0 Å². The third kappa shape index (κ3) is 4.75. The van der Waals surface area contributed by atoms with E-state index in [0.717, 1.165) is 17.7 Å². The Bertz CT molecular complexity index is 510. The second-order valence-electron chi connectivity index (χ2n) is 4.86. The van der Waals surface area contributed by atoms with Crippen LogP contribution in [-0.4, -0.2) is 46.1 Å². The van der Waals surface area contributed by atoms with Gasteiger partial charge in [0.05, 0.1) is 11.5 Å². The summed E-state index contributed by atoms with van der Waals surface area (Å²) in [5.74, 6) is 0. The molecule has 1 rings (SSSR count). The van der Waals surface area contributed by atoms with Crippen molar-refractivity contribution in [2.45, 2.75) is 44.2 Å². The van der Waals surface area contributed by atoms with Gasteiger partial charge in [0.15, 0.2) is 0 Å². The Morgan fingerprint density at radius 1 is 1.38 bits per heavy atom. The molecule has 1 N–H and O–H groups in total. The van der Waals surface area contributed by atoms with Crippen LogP contribution < -0.4 is 5.32 Å². The Morgan fingerprint density at radius 2 is 2.05 bits per heavy atom. The van der Waals surface area contributed by atoms with Crippen LogP contribution in [0.25, 0.3) is 0 Å². The number of ether oxygens (including phenoxy) is 1. The van der Waals surface area contributed by atoms with Crippen LogP contribution in [0.15, 0.2) is 16.3 Å². The summed E-state index contributed by atoms with van der Waals surface area (Å²) < 4.78 is 32.4. The monoisotopic (exact) mass is 334 g/mol. The normalized spacial score (nSPS) is 12.5. The summed E-state index contributed by atoms with van der Waals surface area (Å²) in [6.07, 6.45) is 1.60. The first kappa shape index (κ1) is 18.6. The average molecular weight is 335 g/mol. The maximum atomic E-state index is 12.9. The highest BCUT2D eigenvalue weighted by Crippen LogP contribution is 2.25. The lowest BCUT2D eigenvalue weighted by atomic mass is 10.2. The predicted octanol–water partition coefficient (Wildman–Crippen LogP) is 2.29. The fourth-order valence-electron chi connectivity index (χ4n) is 2.27. The first-order valence-corrected chi connectivity index (χ1v) is 9.55. The van der Waals surface area contributed by atoms with E-state index < -0.39 is 10.0 Å². The van der Waals surface area contributed by atoms with Crippen molar-refractivity contribution >= 4 is 21.4 Å². The van der Waals surface area contributed by atoms with Crippen LogP contribution >= 0.6 is 11.3 Å². The molecule has 0 amide bonds. The van der Waals surface area contributed by atoms with E-state index in [2.05, 4.69) is 5.32 Å². The molecule has 0 saturated carbocycles. The molecule has 1 aromatic rings. The summed E-state index contributed by atoms with van der Waals surface area (Å²) in [5, 5.41) is 4.77. The molecule has 0 aromatic carbocycles. The van der Waals surface area contributed by atoms with Gasteiger partial charge in [-0.1, -0.05) is 13.8 Å². The number of nitrogens with one attached hydrogen (secondary N) is 1. The zero-order valence-electron chi connectivity index (χ0n) is 13.3. The number of sulfonamides is 1. The summed E-state index contributed by atoms with van der Waals surface area (Å²) in [5.41, 5.74) is 0. The minimum atomic E-state index is -3.46. The number of hydrogen-bond acceptors (Lipinski definition) is 5. The minimum absolute atomic E-state index is 0.0119. The lowest BCUT2D eigenvalue weighted by Gasteiger charge is -2.29. The molecular formula is C14H26N2O3S2. The molecule has 21 heavy (non-hydrogen) atoms. The van der Waals surface area contributed by atoms with E-state index in [4.69, 9.17) is 4.74 Å². The van der Waals surface area contributed by atoms with Crippen molar-refractivity contribution in [3.05, 3.63) is 16.3 Å². The molecule has 122 valence electrons. The number of methoxy groups -OCH3 is 1. The maximum Gasteiger partial charge on any atom is 0.244 e. The van der Waals surface area contributed by atoms with Gasteiger partial charge >= 0.3 is 0 Å². The quantitative estimate of drug-likeness (QED) is 0.713. The predicted molar refractivity (Wildman–Crippen MR) is 87.2 cm³/mol. The van der Waals surface area contributed by atoms with Gasteiger partial charge in [0.2, 0.25) is 10.0 Å². The summed E-state index contributed by atoms with van der Waals surface area (Å²) in [7, 11) is -0.0175. The van der Waals surface area contributed by atoms with Crippen LogP contribution in [0.3, 0.4) is 0 Å². The van der Waals surface area contributed by atoms with E-state index in [1.807, 2.05) is 20.9 Å². The third-order valence-electron chi connectivity index (χ3n) is 3.45. The van der Waals surface area contributed by atoms with Gasteiger partial charge in [0.1, 0.15) is 0 Å². The first-order valence-electron chi connectivity index (χ1n) is 7.24. The second kappa shape index (κ2) is 8.85. The van der Waals surface area contributed by atoms with Crippen molar-refractivity contribution in [2.75, 3.05) is 27.3 Å². The minimum Gasteiger partial charge on any atom is -0.383 e. The lowest BCUT2D eigenvalue weighted by molar-refractivity contribution is 0.163. The molecule has 0 unspecified atom stereocenters.